The molecule has 0 atom stereocenters. The molecular formula is C13H16. The lowest BCUT2D eigenvalue weighted by atomic mass is 10.1. The molecule has 0 N–H and O–H groups in total. The predicted molar refractivity (Wildman–Crippen MR) is 59.5 cm³/mol. The first-order valence-electron chi connectivity index (χ1n) is 4.75. The number of benzene rings is 1. The van der Waals surface area contributed by atoms with Crippen molar-refractivity contribution in [3.8, 4) is 0 Å². The SMILES string of the molecule is C=C(/C=C\CCC)c1ccccc1. The number of hydrogen-bond acceptors (Lipinski definition) is 0. The molecule has 0 saturated heterocycles. The van der Waals surface area contributed by atoms with Crippen LogP contribution in [0.4, 0.5) is 0 Å². The molecule has 0 fully saturated rings. The third-order valence-electron chi connectivity index (χ3n) is 1.92. The zero-order valence-corrected chi connectivity index (χ0v) is 8.16. The van der Waals surface area contributed by atoms with Gasteiger partial charge >= 0.3 is 0 Å². The molecule has 1 aromatic rings. The highest BCUT2D eigenvalue weighted by atomic mass is 14.0. The highest BCUT2D eigenvalue weighted by Crippen LogP contribution is 2.12. The molecule has 0 heterocycles. The second kappa shape index (κ2) is 5.36. The Morgan fingerprint density at radius 1 is 1.31 bits per heavy atom. The molecule has 68 valence electrons. The fourth-order valence-corrected chi connectivity index (χ4v) is 1.14. The summed E-state index contributed by atoms with van der Waals surface area (Å²) in [6.45, 7) is 6.19. The molecule has 0 spiro atoms. The van der Waals surface area contributed by atoms with E-state index in [2.05, 4.69) is 37.8 Å². The Bertz CT molecular complexity index is 280. The highest BCUT2D eigenvalue weighted by molar-refractivity contribution is 5.71. The predicted octanol–water partition coefficient (Wildman–Crippen LogP) is 4.06. The Morgan fingerprint density at radius 2 is 2.00 bits per heavy atom. The largest absolute Gasteiger partial charge is 0.0912 e. The van der Waals surface area contributed by atoms with Gasteiger partial charge in [-0.15, -0.1) is 0 Å². The van der Waals surface area contributed by atoms with Crippen molar-refractivity contribution in [1.29, 1.82) is 0 Å². The number of rotatable bonds is 4. The van der Waals surface area contributed by atoms with Crippen molar-refractivity contribution >= 4 is 5.57 Å². The molecule has 0 radical (unpaired) electrons. The molecule has 0 saturated carbocycles. The van der Waals surface area contributed by atoms with Gasteiger partial charge in [0.1, 0.15) is 0 Å². The van der Waals surface area contributed by atoms with Gasteiger partial charge in [0.2, 0.25) is 0 Å². The van der Waals surface area contributed by atoms with Crippen molar-refractivity contribution in [3.63, 3.8) is 0 Å². The van der Waals surface area contributed by atoms with Gasteiger partial charge in [-0.25, -0.2) is 0 Å². The first kappa shape index (κ1) is 9.79. The van der Waals surface area contributed by atoms with Gasteiger partial charge in [-0.1, -0.05) is 62.4 Å². The van der Waals surface area contributed by atoms with Crippen LogP contribution in [0.2, 0.25) is 0 Å². The van der Waals surface area contributed by atoms with Crippen molar-refractivity contribution in [3.05, 3.63) is 54.6 Å². The summed E-state index contributed by atoms with van der Waals surface area (Å²) in [5, 5.41) is 0. The van der Waals surface area contributed by atoms with Crippen LogP contribution in [0.1, 0.15) is 25.3 Å². The lowest BCUT2D eigenvalue weighted by Crippen LogP contribution is -1.76. The van der Waals surface area contributed by atoms with Gasteiger partial charge in [0.25, 0.3) is 0 Å². The van der Waals surface area contributed by atoms with Gasteiger partial charge in [-0.2, -0.15) is 0 Å². The van der Waals surface area contributed by atoms with Gasteiger partial charge in [-0.05, 0) is 17.6 Å². The Hall–Kier alpha value is -1.30. The normalized spacial score (nSPS) is 10.5. The third-order valence-corrected chi connectivity index (χ3v) is 1.92. The van der Waals surface area contributed by atoms with Crippen LogP contribution in [0.3, 0.4) is 0 Å². The van der Waals surface area contributed by atoms with Gasteiger partial charge in [0.15, 0.2) is 0 Å². The fraction of sp³-hybridized carbons (Fsp3) is 0.231. The molecule has 0 aromatic heterocycles. The molecule has 0 nitrogen and oxygen atoms in total. The first-order chi connectivity index (χ1) is 6.34. The van der Waals surface area contributed by atoms with Crippen molar-refractivity contribution < 1.29 is 0 Å². The minimum absolute atomic E-state index is 1.09. The van der Waals surface area contributed by atoms with E-state index in [1.54, 1.807) is 0 Å². The van der Waals surface area contributed by atoms with E-state index in [4.69, 9.17) is 0 Å². The van der Waals surface area contributed by atoms with Crippen LogP contribution in [0, 0.1) is 0 Å². The summed E-state index contributed by atoms with van der Waals surface area (Å²) in [4.78, 5) is 0. The monoisotopic (exact) mass is 172 g/mol. The van der Waals surface area contributed by atoms with Gasteiger partial charge < -0.3 is 0 Å². The molecule has 0 heteroatoms. The molecule has 13 heavy (non-hydrogen) atoms. The fourth-order valence-electron chi connectivity index (χ4n) is 1.14. The maximum absolute atomic E-state index is 4.01. The highest BCUT2D eigenvalue weighted by Gasteiger charge is 1.90. The molecule has 0 bridgehead atoms. The summed E-state index contributed by atoms with van der Waals surface area (Å²) in [7, 11) is 0. The molecular weight excluding hydrogens is 156 g/mol. The average Bonchev–Trinajstić information content (AvgIpc) is 2.19. The molecule has 0 aliphatic rings. The van der Waals surface area contributed by atoms with Crippen LogP contribution < -0.4 is 0 Å². The van der Waals surface area contributed by atoms with E-state index >= 15 is 0 Å². The summed E-state index contributed by atoms with van der Waals surface area (Å²) in [6.07, 6.45) is 6.60. The van der Waals surface area contributed by atoms with Crippen molar-refractivity contribution in [1.82, 2.24) is 0 Å². The zero-order valence-electron chi connectivity index (χ0n) is 8.16. The number of allylic oxidation sites excluding steroid dienone is 3. The first-order valence-corrected chi connectivity index (χ1v) is 4.75. The topological polar surface area (TPSA) is 0 Å². The van der Waals surface area contributed by atoms with E-state index in [0.29, 0.717) is 0 Å². The van der Waals surface area contributed by atoms with Crippen molar-refractivity contribution in [2.24, 2.45) is 0 Å². The second-order valence-electron chi connectivity index (χ2n) is 3.08. The summed E-state index contributed by atoms with van der Waals surface area (Å²) in [5.74, 6) is 0. The molecule has 1 rings (SSSR count). The molecule has 0 aliphatic carbocycles. The van der Waals surface area contributed by atoms with Crippen molar-refractivity contribution in [2.75, 3.05) is 0 Å². The standard InChI is InChI=1S/C13H16/c1-3-4-6-9-12(2)13-10-7-5-8-11-13/h5-11H,2-4H2,1H3/b9-6-. The Morgan fingerprint density at radius 3 is 2.62 bits per heavy atom. The maximum atomic E-state index is 4.01. The van der Waals surface area contributed by atoms with Gasteiger partial charge in [0.05, 0.1) is 0 Å². The summed E-state index contributed by atoms with van der Waals surface area (Å²) in [5.41, 5.74) is 2.30. The molecule has 1 aromatic carbocycles. The molecule has 0 amide bonds. The zero-order chi connectivity index (χ0) is 9.52. The van der Waals surface area contributed by atoms with Crippen molar-refractivity contribution in [2.45, 2.75) is 19.8 Å². The maximum Gasteiger partial charge on any atom is -0.0190 e. The van der Waals surface area contributed by atoms with Crippen LogP contribution in [0.5, 0.6) is 0 Å². The molecule has 0 aliphatic heterocycles. The van der Waals surface area contributed by atoms with E-state index in [1.807, 2.05) is 18.2 Å². The van der Waals surface area contributed by atoms with Crippen LogP contribution >= 0.6 is 0 Å². The Kier molecular flexibility index (Phi) is 4.04. The second-order valence-corrected chi connectivity index (χ2v) is 3.08. The van der Waals surface area contributed by atoms with E-state index in [-0.39, 0.29) is 0 Å². The van der Waals surface area contributed by atoms with Crippen LogP contribution in [-0.4, -0.2) is 0 Å². The minimum Gasteiger partial charge on any atom is -0.0912 e. The lowest BCUT2D eigenvalue weighted by Gasteiger charge is -1.98. The third kappa shape index (κ3) is 3.29. The van der Waals surface area contributed by atoms with E-state index < -0.39 is 0 Å². The Labute approximate surface area is 80.6 Å². The average molecular weight is 172 g/mol. The van der Waals surface area contributed by atoms with E-state index in [1.165, 1.54) is 12.0 Å². The van der Waals surface area contributed by atoms with E-state index in [0.717, 1.165) is 12.0 Å². The van der Waals surface area contributed by atoms with Crippen LogP contribution in [0.15, 0.2) is 49.1 Å². The van der Waals surface area contributed by atoms with Gasteiger partial charge in [-0.3, -0.25) is 0 Å². The number of hydrogen-bond donors (Lipinski definition) is 0. The smallest absolute Gasteiger partial charge is 0.0190 e. The van der Waals surface area contributed by atoms with E-state index in [9.17, 15) is 0 Å². The van der Waals surface area contributed by atoms with Crippen LogP contribution in [0.25, 0.3) is 5.57 Å². The quantitative estimate of drug-likeness (QED) is 0.601. The summed E-state index contributed by atoms with van der Waals surface area (Å²) < 4.78 is 0. The Balaban J connectivity index is 2.59. The minimum atomic E-state index is 1.09. The van der Waals surface area contributed by atoms with Gasteiger partial charge in [0, 0.05) is 0 Å². The lowest BCUT2D eigenvalue weighted by molar-refractivity contribution is 0.959. The van der Waals surface area contributed by atoms with Crippen LogP contribution in [-0.2, 0) is 0 Å². The summed E-state index contributed by atoms with van der Waals surface area (Å²) in [6, 6.07) is 10.3. The number of unbranched alkanes of at least 4 members (excludes halogenated alkanes) is 1. The summed E-state index contributed by atoms with van der Waals surface area (Å²) >= 11 is 0. The molecule has 0 unspecified atom stereocenters.